The van der Waals surface area contributed by atoms with Crippen molar-refractivity contribution in [3.8, 4) is 22.8 Å². The van der Waals surface area contributed by atoms with Crippen LogP contribution in [-0.2, 0) is 26.8 Å². The first-order chi connectivity index (χ1) is 20.1. The number of nitrogens with zero attached hydrogens (tertiary/aromatic N) is 2. The number of aromatic nitrogens is 1. The molecule has 1 fully saturated rings. The summed E-state index contributed by atoms with van der Waals surface area (Å²) < 4.78 is 50.0. The van der Waals surface area contributed by atoms with Gasteiger partial charge in [-0.15, -0.1) is 0 Å². The third-order valence-corrected chi connectivity index (χ3v) is 9.99. The minimum Gasteiger partial charge on any atom is -0.489 e. The molecule has 42 heavy (non-hydrogen) atoms. The molecule has 4 rings (SSSR count). The molecule has 2 aromatic carbocycles. The number of benzene rings is 2. The molecule has 7 nitrogen and oxygen atoms in total. The number of hydrogen-bond acceptors (Lipinski definition) is 7. The van der Waals surface area contributed by atoms with Gasteiger partial charge in [0.1, 0.15) is 18.2 Å². The molecule has 1 aliphatic rings. The number of halogens is 1. The molecule has 0 radical (unpaired) electrons. The summed E-state index contributed by atoms with van der Waals surface area (Å²) >= 11 is 0. The van der Waals surface area contributed by atoms with Gasteiger partial charge in [-0.2, -0.15) is 0 Å². The van der Waals surface area contributed by atoms with E-state index >= 15 is 4.39 Å². The average Bonchev–Trinajstić information content (AvgIpc) is 3.83. The van der Waals surface area contributed by atoms with Gasteiger partial charge in [-0.05, 0) is 86.8 Å². The lowest BCUT2D eigenvalue weighted by Crippen LogP contribution is -2.36. The highest BCUT2D eigenvalue weighted by Crippen LogP contribution is 2.55. The zero-order valence-corrected chi connectivity index (χ0v) is 26.7. The molecule has 228 valence electrons. The minimum atomic E-state index is -3.15. The molecule has 1 aromatic heterocycles. The molecule has 0 amide bonds. The van der Waals surface area contributed by atoms with Crippen LogP contribution in [0.15, 0.2) is 54.7 Å². The number of ether oxygens (including phenoxy) is 2. The summed E-state index contributed by atoms with van der Waals surface area (Å²) in [5.74, 6) is 1.26. The van der Waals surface area contributed by atoms with Crippen molar-refractivity contribution in [1.82, 2.24) is 9.88 Å². The number of methoxy groups -OCH3 is 1. The van der Waals surface area contributed by atoms with E-state index in [1.54, 1.807) is 6.07 Å². The monoisotopic (exact) mass is 598 g/mol. The summed E-state index contributed by atoms with van der Waals surface area (Å²) in [6.45, 7) is 9.68. The Bertz CT molecular complexity index is 1380. The Morgan fingerprint density at radius 2 is 1.69 bits per heavy atom. The average molecular weight is 599 g/mol. The van der Waals surface area contributed by atoms with E-state index in [2.05, 4.69) is 49.7 Å². The van der Waals surface area contributed by atoms with Crippen molar-refractivity contribution in [3.05, 3.63) is 77.2 Å². The Morgan fingerprint density at radius 3 is 2.31 bits per heavy atom. The van der Waals surface area contributed by atoms with E-state index in [0.717, 1.165) is 40.8 Å². The van der Waals surface area contributed by atoms with Crippen LogP contribution in [0.2, 0.25) is 0 Å². The predicted octanol–water partition coefficient (Wildman–Crippen LogP) is 8.07. The Balaban J connectivity index is 1.60. The fourth-order valence-electron chi connectivity index (χ4n) is 5.52. The Hall–Kier alpha value is -2.77. The third kappa shape index (κ3) is 7.99. The van der Waals surface area contributed by atoms with Crippen LogP contribution in [0.3, 0.4) is 0 Å². The van der Waals surface area contributed by atoms with Crippen LogP contribution in [0, 0.1) is 11.7 Å². The van der Waals surface area contributed by atoms with E-state index in [0.29, 0.717) is 48.8 Å². The van der Waals surface area contributed by atoms with Gasteiger partial charge in [-0.1, -0.05) is 30.3 Å². The fraction of sp³-hybridized carbons (Fsp3) is 0.485. The van der Waals surface area contributed by atoms with Gasteiger partial charge in [0.25, 0.3) is 0 Å². The van der Waals surface area contributed by atoms with E-state index < -0.39 is 13.4 Å². The van der Waals surface area contributed by atoms with Gasteiger partial charge in [0, 0.05) is 44.5 Å². The van der Waals surface area contributed by atoms with Crippen LogP contribution in [0.4, 0.5) is 4.39 Å². The SMILES string of the molecule is COc1cc(-c2ccc(COc3cccc(C(CP(=O)(OC)OC)C4CC4)c3)cc2CN(C(C)C)C(C)C)c(F)cn1. The summed E-state index contributed by atoms with van der Waals surface area (Å²) in [6.07, 6.45) is 3.76. The molecule has 0 saturated heterocycles. The van der Waals surface area contributed by atoms with Gasteiger partial charge in [0.15, 0.2) is 0 Å². The van der Waals surface area contributed by atoms with Crippen molar-refractivity contribution in [1.29, 1.82) is 0 Å². The molecule has 1 unspecified atom stereocenters. The molecule has 0 N–H and O–H groups in total. The second-order valence-electron chi connectivity index (χ2n) is 11.5. The van der Waals surface area contributed by atoms with Crippen LogP contribution in [-0.4, -0.2) is 49.5 Å². The van der Waals surface area contributed by atoms with E-state index in [1.165, 1.54) is 27.5 Å². The molecule has 9 heteroatoms. The molecule has 3 aromatic rings. The molecule has 0 spiro atoms. The summed E-state index contributed by atoms with van der Waals surface area (Å²) in [5.41, 5.74) is 4.32. The number of pyridine rings is 1. The molecular formula is C33H44FN2O5P. The topological polar surface area (TPSA) is 70.1 Å². The van der Waals surface area contributed by atoms with Gasteiger partial charge in [0.05, 0.1) is 19.5 Å². The largest absolute Gasteiger partial charge is 0.489 e. The van der Waals surface area contributed by atoms with Crippen LogP contribution in [0.5, 0.6) is 11.6 Å². The predicted molar refractivity (Wildman–Crippen MR) is 165 cm³/mol. The first-order valence-electron chi connectivity index (χ1n) is 14.6. The fourth-order valence-corrected chi connectivity index (χ4v) is 6.96. The lowest BCUT2D eigenvalue weighted by Gasteiger charge is -2.31. The van der Waals surface area contributed by atoms with Gasteiger partial charge in [-0.3, -0.25) is 9.46 Å². The Kier molecular flexibility index (Phi) is 10.8. The van der Waals surface area contributed by atoms with Crippen molar-refractivity contribution in [2.45, 2.75) is 71.7 Å². The smallest absolute Gasteiger partial charge is 0.330 e. The Morgan fingerprint density at radius 1 is 0.976 bits per heavy atom. The lowest BCUT2D eigenvalue weighted by atomic mass is 9.96. The van der Waals surface area contributed by atoms with Crippen molar-refractivity contribution < 1.29 is 27.5 Å². The summed E-state index contributed by atoms with van der Waals surface area (Å²) in [5, 5.41) is 0. The van der Waals surface area contributed by atoms with Gasteiger partial charge >= 0.3 is 7.60 Å². The highest BCUT2D eigenvalue weighted by molar-refractivity contribution is 7.53. The van der Waals surface area contributed by atoms with E-state index in [-0.39, 0.29) is 5.92 Å². The van der Waals surface area contributed by atoms with Gasteiger partial charge in [-0.25, -0.2) is 9.37 Å². The van der Waals surface area contributed by atoms with Crippen LogP contribution < -0.4 is 9.47 Å². The quantitative estimate of drug-likeness (QED) is 0.164. The molecular weight excluding hydrogens is 554 g/mol. The maximum Gasteiger partial charge on any atom is 0.330 e. The van der Waals surface area contributed by atoms with Crippen LogP contribution in [0.1, 0.15) is 63.1 Å². The van der Waals surface area contributed by atoms with Crippen molar-refractivity contribution in [2.75, 3.05) is 27.5 Å². The van der Waals surface area contributed by atoms with Crippen molar-refractivity contribution in [2.24, 2.45) is 5.92 Å². The summed E-state index contributed by atoms with van der Waals surface area (Å²) in [6, 6.07) is 16.3. The molecule has 1 saturated carbocycles. The number of rotatable bonds is 15. The molecule has 0 aliphatic heterocycles. The first kappa shape index (κ1) is 32.2. The number of hydrogen-bond donors (Lipinski definition) is 0. The second kappa shape index (κ2) is 14.1. The standard InChI is InChI=1S/C33H44FN2O5P/c1-22(2)36(23(3)4)19-27-15-24(11-14-29(27)30-17-33(38-5)35-18-32(30)34)20-41-28-10-8-9-26(16-28)31(25-12-13-25)21-42(37,39-6)40-7/h8-11,14-18,22-23,25,31H,12-13,19-21H2,1-7H3. The molecule has 1 heterocycles. The highest BCUT2D eigenvalue weighted by Gasteiger charge is 2.38. The second-order valence-corrected chi connectivity index (χ2v) is 13.8. The van der Waals surface area contributed by atoms with Crippen LogP contribution >= 0.6 is 7.60 Å². The van der Waals surface area contributed by atoms with E-state index in [9.17, 15) is 4.57 Å². The normalized spacial score (nSPS) is 14.5. The molecule has 1 atom stereocenters. The highest BCUT2D eigenvalue weighted by atomic mass is 31.2. The first-order valence-corrected chi connectivity index (χ1v) is 16.3. The molecule has 1 aliphatic carbocycles. The zero-order valence-electron chi connectivity index (χ0n) is 25.8. The Labute approximate surface area is 249 Å². The zero-order chi connectivity index (χ0) is 30.4. The summed E-state index contributed by atoms with van der Waals surface area (Å²) in [7, 11) is 1.26. The molecule has 0 bridgehead atoms. The van der Waals surface area contributed by atoms with Crippen LogP contribution in [0.25, 0.3) is 11.1 Å². The van der Waals surface area contributed by atoms with E-state index in [4.69, 9.17) is 18.5 Å². The maximum absolute atomic E-state index is 15.0. The van der Waals surface area contributed by atoms with Gasteiger partial charge in [0.2, 0.25) is 5.88 Å². The minimum absolute atomic E-state index is 0.0791. The third-order valence-electron chi connectivity index (χ3n) is 8.04. The lowest BCUT2D eigenvalue weighted by molar-refractivity contribution is 0.166. The van der Waals surface area contributed by atoms with Gasteiger partial charge < -0.3 is 18.5 Å². The van der Waals surface area contributed by atoms with Crippen molar-refractivity contribution in [3.63, 3.8) is 0 Å². The maximum atomic E-state index is 15.0. The van der Waals surface area contributed by atoms with Crippen molar-refractivity contribution >= 4 is 7.60 Å². The van der Waals surface area contributed by atoms with E-state index in [1.807, 2.05) is 30.3 Å². The summed E-state index contributed by atoms with van der Waals surface area (Å²) in [4.78, 5) is 6.39.